The van der Waals surface area contributed by atoms with Crippen molar-refractivity contribution in [2.75, 3.05) is 0 Å². The first-order chi connectivity index (χ1) is 9.83. The average Bonchev–Trinajstić information content (AvgIpc) is 2.85. The van der Waals surface area contributed by atoms with Crippen molar-refractivity contribution >= 4 is 21.9 Å². The number of aryl methyl sites for hydroxylation is 1. The Morgan fingerprint density at radius 3 is 2.85 bits per heavy atom. The van der Waals surface area contributed by atoms with Crippen LogP contribution in [0.5, 0.6) is 0 Å². The summed E-state index contributed by atoms with van der Waals surface area (Å²) in [5.41, 5.74) is 4.58. The predicted octanol–water partition coefficient (Wildman–Crippen LogP) is 5.49. The molecule has 1 unspecified atom stereocenters. The number of allylic oxidation sites excluding steroid dienone is 4. The molecule has 0 amide bonds. The van der Waals surface area contributed by atoms with Crippen molar-refractivity contribution in [1.82, 2.24) is 0 Å². The van der Waals surface area contributed by atoms with E-state index in [4.69, 9.17) is 4.42 Å². The first-order valence-electron chi connectivity index (χ1n) is 7.08. The van der Waals surface area contributed by atoms with Crippen molar-refractivity contribution in [2.24, 2.45) is 0 Å². The Kier molecular flexibility index (Phi) is 2.53. The molecular weight excluding hydrogens is 244 g/mol. The topological polar surface area (TPSA) is 13.1 Å². The molecule has 2 aromatic carbocycles. The van der Waals surface area contributed by atoms with Gasteiger partial charge in [0, 0.05) is 16.7 Å². The molecule has 0 radical (unpaired) electrons. The van der Waals surface area contributed by atoms with Gasteiger partial charge in [-0.25, -0.2) is 0 Å². The summed E-state index contributed by atoms with van der Waals surface area (Å²) in [7, 11) is 0. The summed E-state index contributed by atoms with van der Waals surface area (Å²) in [5.74, 6) is 0.450. The molecule has 1 heteroatoms. The van der Waals surface area contributed by atoms with Gasteiger partial charge in [-0.3, -0.25) is 0 Å². The lowest BCUT2D eigenvalue weighted by Crippen LogP contribution is -1.96. The first-order valence-corrected chi connectivity index (χ1v) is 7.08. The molecule has 0 spiro atoms. The highest BCUT2D eigenvalue weighted by atomic mass is 16.3. The van der Waals surface area contributed by atoms with Gasteiger partial charge in [-0.1, -0.05) is 48.6 Å². The van der Waals surface area contributed by atoms with Crippen LogP contribution in [-0.2, 0) is 0 Å². The van der Waals surface area contributed by atoms with Crippen LogP contribution in [0.4, 0.5) is 0 Å². The van der Waals surface area contributed by atoms with Crippen LogP contribution in [0.1, 0.15) is 23.5 Å². The molecular formula is C19H16O. The van der Waals surface area contributed by atoms with Crippen LogP contribution in [0.2, 0.25) is 0 Å². The van der Waals surface area contributed by atoms with Gasteiger partial charge in [0.1, 0.15) is 11.2 Å². The molecule has 0 saturated heterocycles. The van der Waals surface area contributed by atoms with Crippen LogP contribution < -0.4 is 0 Å². The van der Waals surface area contributed by atoms with Crippen molar-refractivity contribution in [3.05, 3.63) is 71.8 Å². The zero-order valence-electron chi connectivity index (χ0n) is 11.5. The Hall–Kier alpha value is -2.28. The van der Waals surface area contributed by atoms with Gasteiger partial charge in [-0.05, 0) is 36.6 Å². The van der Waals surface area contributed by atoms with Crippen molar-refractivity contribution in [2.45, 2.75) is 19.3 Å². The maximum Gasteiger partial charge on any atom is 0.135 e. The molecule has 1 heterocycles. The van der Waals surface area contributed by atoms with Gasteiger partial charge in [0.15, 0.2) is 0 Å². The molecule has 1 aliphatic rings. The van der Waals surface area contributed by atoms with Gasteiger partial charge in [-0.15, -0.1) is 0 Å². The minimum atomic E-state index is 0.450. The van der Waals surface area contributed by atoms with Crippen LogP contribution in [0.25, 0.3) is 21.9 Å². The highest BCUT2D eigenvalue weighted by Gasteiger charge is 2.16. The van der Waals surface area contributed by atoms with Crippen LogP contribution in [0, 0.1) is 6.92 Å². The van der Waals surface area contributed by atoms with Crippen LogP contribution >= 0.6 is 0 Å². The Morgan fingerprint density at radius 1 is 1.05 bits per heavy atom. The third kappa shape index (κ3) is 1.70. The fraction of sp³-hybridized carbons (Fsp3) is 0.158. The molecule has 20 heavy (non-hydrogen) atoms. The monoisotopic (exact) mass is 260 g/mol. The summed E-state index contributed by atoms with van der Waals surface area (Å²) < 4.78 is 6.02. The molecule has 0 bridgehead atoms. The van der Waals surface area contributed by atoms with Crippen LogP contribution in [-0.4, -0.2) is 0 Å². The highest BCUT2D eigenvalue weighted by molar-refractivity contribution is 6.07. The van der Waals surface area contributed by atoms with E-state index in [0.717, 1.165) is 17.6 Å². The second-order valence-electron chi connectivity index (χ2n) is 5.48. The van der Waals surface area contributed by atoms with E-state index in [1.165, 1.54) is 21.9 Å². The van der Waals surface area contributed by atoms with Gasteiger partial charge in [-0.2, -0.15) is 0 Å². The Balaban J connectivity index is 2.03. The fourth-order valence-corrected chi connectivity index (χ4v) is 3.08. The summed E-state index contributed by atoms with van der Waals surface area (Å²) in [4.78, 5) is 0. The molecule has 4 rings (SSSR count). The zero-order valence-corrected chi connectivity index (χ0v) is 11.5. The quantitative estimate of drug-likeness (QED) is 0.563. The Bertz CT molecular complexity index is 849. The van der Waals surface area contributed by atoms with E-state index >= 15 is 0 Å². The number of furan rings is 1. The molecule has 1 atom stereocenters. The van der Waals surface area contributed by atoms with Crippen molar-refractivity contribution in [3.63, 3.8) is 0 Å². The molecule has 1 aliphatic carbocycles. The Labute approximate surface area is 118 Å². The molecule has 0 saturated carbocycles. The second kappa shape index (κ2) is 4.38. The molecule has 0 fully saturated rings. The minimum Gasteiger partial charge on any atom is -0.456 e. The van der Waals surface area contributed by atoms with Crippen LogP contribution in [0.3, 0.4) is 0 Å². The summed E-state index contributed by atoms with van der Waals surface area (Å²) >= 11 is 0. The number of fused-ring (bicyclic) bond motifs is 3. The Morgan fingerprint density at radius 2 is 2.00 bits per heavy atom. The maximum absolute atomic E-state index is 6.02. The smallest absolute Gasteiger partial charge is 0.135 e. The third-order valence-corrected chi connectivity index (χ3v) is 4.06. The van der Waals surface area contributed by atoms with Crippen LogP contribution in [0.15, 0.2) is 65.1 Å². The third-order valence-electron chi connectivity index (χ3n) is 4.06. The lowest BCUT2D eigenvalue weighted by molar-refractivity contribution is 0.668. The van der Waals surface area contributed by atoms with Crippen molar-refractivity contribution in [1.29, 1.82) is 0 Å². The minimum absolute atomic E-state index is 0.450. The SMILES string of the molecule is Cc1ccc2c(c1)oc1cccc(C3C=CC=CC3)c12. The molecule has 3 aromatic rings. The fourth-order valence-electron chi connectivity index (χ4n) is 3.08. The van der Waals surface area contributed by atoms with E-state index in [9.17, 15) is 0 Å². The van der Waals surface area contributed by atoms with Crippen molar-refractivity contribution in [3.8, 4) is 0 Å². The van der Waals surface area contributed by atoms with E-state index in [2.05, 4.69) is 67.6 Å². The second-order valence-corrected chi connectivity index (χ2v) is 5.48. The zero-order chi connectivity index (χ0) is 13.5. The van der Waals surface area contributed by atoms with Gasteiger partial charge in [0.05, 0.1) is 0 Å². The highest BCUT2D eigenvalue weighted by Crippen LogP contribution is 2.37. The largest absolute Gasteiger partial charge is 0.456 e. The number of rotatable bonds is 1. The summed E-state index contributed by atoms with van der Waals surface area (Å²) in [6, 6.07) is 12.9. The first kappa shape index (κ1) is 11.5. The van der Waals surface area contributed by atoms with Gasteiger partial charge >= 0.3 is 0 Å². The molecule has 1 nitrogen and oxygen atoms in total. The lowest BCUT2D eigenvalue weighted by Gasteiger charge is -2.14. The average molecular weight is 260 g/mol. The van der Waals surface area contributed by atoms with E-state index < -0.39 is 0 Å². The van der Waals surface area contributed by atoms with E-state index in [1.807, 2.05) is 0 Å². The lowest BCUT2D eigenvalue weighted by atomic mass is 9.89. The van der Waals surface area contributed by atoms with Gasteiger partial charge < -0.3 is 4.42 Å². The normalized spacial score (nSPS) is 18.1. The molecule has 1 aromatic heterocycles. The summed E-state index contributed by atoms with van der Waals surface area (Å²) in [6.45, 7) is 2.10. The predicted molar refractivity (Wildman–Crippen MR) is 84.1 cm³/mol. The maximum atomic E-state index is 6.02. The number of benzene rings is 2. The molecule has 0 N–H and O–H groups in total. The standard InChI is InChI=1S/C19H16O/c1-13-10-11-16-18(12-13)20-17-9-5-8-15(19(16)17)14-6-3-2-4-7-14/h2-6,8-12,14H,7H2,1H3. The summed E-state index contributed by atoms with van der Waals surface area (Å²) in [5, 5.41) is 2.50. The summed E-state index contributed by atoms with van der Waals surface area (Å²) in [6.07, 6.45) is 9.83. The van der Waals surface area contributed by atoms with E-state index in [-0.39, 0.29) is 0 Å². The number of hydrogen-bond acceptors (Lipinski definition) is 1. The van der Waals surface area contributed by atoms with Gasteiger partial charge in [0.2, 0.25) is 0 Å². The van der Waals surface area contributed by atoms with E-state index in [1.54, 1.807) is 0 Å². The van der Waals surface area contributed by atoms with Crippen molar-refractivity contribution < 1.29 is 4.42 Å². The van der Waals surface area contributed by atoms with E-state index in [0.29, 0.717) is 5.92 Å². The number of hydrogen-bond donors (Lipinski definition) is 0. The molecule has 0 aliphatic heterocycles. The molecule has 98 valence electrons. The van der Waals surface area contributed by atoms with Gasteiger partial charge in [0.25, 0.3) is 0 Å².